The van der Waals surface area contributed by atoms with Crippen molar-refractivity contribution in [3.05, 3.63) is 59.7 Å². The zero-order valence-corrected chi connectivity index (χ0v) is 14.5. The summed E-state index contributed by atoms with van der Waals surface area (Å²) in [4.78, 5) is 25.6. The number of nitrogens with zero attached hydrogens (tertiary/aromatic N) is 1. The molecule has 0 fully saturated rings. The van der Waals surface area contributed by atoms with E-state index >= 15 is 0 Å². The SMILES string of the molecule is CCN(C(=O)OCc1ccccc1)C(C)(C(=O)O)c1cc(O)cc(O)c1. The third-order valence-corrected chi connectivity index (χ3v) is 4.16. The summed E-state index contributed by atoms with van der Waals surface area (Å²) in [7, 11) is 0. The molecule has 0 spiro atoms. The second-order valence-corrected chi connectivity index (χ2v) is 5.90. The van der Waals surface area contributed by atoms with Gasteiger partial charge in [0.25, 0.3) is 0 Å². The average molecular weight is 359 g/mol. The van der Waals surface area contributed by atoms with Gasteiger partial charge in [0.2, 0.25) is 0 Å². The number of benzene rings is 2. The number of carboxylic acids is 1. The third-order valence-electron chi connectivity index (χ3n) is 4.16. The van der Waals surface area contributed by atoms with Crippen LogP contribution in [-0.4, -0.2) is 38.8 Å². The zero-order chi connectivity index (χ0) is 19.3. The van der Waals surface area contributed by atoms with Gasteiger partial charge in [-0.2, -0.15) is 0 Å². The fraction of sp³-hybridized carbons (Fsp3) is 0.263. The normalized spacial score (nSPS) is 12.8. The number of carbonyl (C=O) groups is 2. The summed E-state index contributed by atoms with van der Waals surface area (Å²) < 4.78 is 5.26. The summed E-state index contributed by atoms with van der Waals surface area (Å²) in [5.74, 6) is -1.93. The van der Waals surface area contributed by atoms with E-state index in [1.54, 1.807) is 31.2 Å². The van der Waals surface area contributed by atoms with Crippen molar-refractivity contribution in [3.8, 4) is 11.5 Å². The van der Waals surface area contributed by atoms with Crippen LogP contribution in [0.4, 0.5) is 4.79 Å². The topological polar surface area (TPSA) is 107 Å². The maximum atomic E-state index is 12.6. The largest absolute Gasteiger partial charge is 0.508 e. The second-order valence-electron chi connectivity index (χ2n) is 5.90. The average Bonchev–Trinajstić information content (AvgIpc) is 2.60. The fourth-order valence-electron chi connectivity index (χ4n) is 2.70. The standard InChI is InChI=1S/C19H21NO6/c1-3-20(18(25)26-12-13-7-5-4-6-8-13)19(2,17(23)24)14-9-15(21)11-16(22)10-14/h4-11,21-22H,3,12H2,1-2H3,(H,23,24). The van der Waals surface area contributed by atoms with Crippen LogP contribution in [0.15, 0.2) is 48.5 Å². The van der Waals surface area contributed by atoms with Crippen molar-refractivity contribution in [2.75, 3.05) is 6.54 Å². The van der Waals surface area contributed by atoms with Gasteiger partial charge in [-0.25, -0.2) is 9.59 Å². The van der Waals surface area contributed by atoms with Gasteiger partial charge in [-0.05, 0) is 37.1 Å². The molecule has 0 bridgehead atoms. The Bertz CT molecular complexity index is 772. The number of aliphatic carboxylic acids is 1. The second kappa shape index (κ2) is 7.77. The molecule has 0 heterocycles. The summed E-state index contributed by atoms with van der Waals surface area (Å²) in [5.41, 5.74) is -1.01. The summed E-state index contributed by atoms with van der Waals surface area (Å²) in [5, 5.41) is 29.2. The predicted molar refractivity (Wildman–Crippen MR) is 93.8 cm³/mol. The highest BCUT2D eigenvalue weighted by atomic mass is 16.6. The maximum Gasteiger partial charge on any atom is 0.411 e. The number of rotatable bonds is 6. The molecule has 2 aromatic rings. The summed E-state index contributed by atoms with van der Waals surface area (Å²) in [6.45, 7) is 2.98. The first-order valence-corrected chi connectivity index (χ1v) is 8.04. The molecule has 2 aromatic carbocycles. The predicted octanol–water partition coefficient (Wildman–Crippen LogP) is 3.06. The van der Waals surface area contributed by atoms with E-state index in [1.807, 2.05) is 6.07 Å². The van der Waals surface area contributed by atoms with Gasteiger partial charge in [-0.15, -0.1) is 0 Å². The molecule has 7 nitrogen and oxygen atoms in total. The van der Waals surface area contributed by atoms with E-state index in [1.165, 1.54) is 19.1 Å². The first kappa shape index (κ1) is 19.1. The van der Waals surface area contributed by atoms with Crippen LogP contribution in [-0.2, 0) is 21.7 Å². The molecule has 3 N–H and O–H groups in total. The quantitative estimate of drug-likeness (QED) is 0.732. The highest BCUT2D eigenvalue weighted by Gasteiger charge is 2.44. The van der Waals surface area contributed by atoms with E-state index in [-0.39, 0.29) is 30.2 Å². The monoisotopic (exact) mass is 359 g/mol. The lowest BCUT2D eigenvalue weighted by atomic mass is 9.89. The van der Waals surface area contributed by atoms with Gasteiger partial charge in [-0.3, -0.25) is 4.90 Å². The molecule has 0 saturated heterocycles. The molecule has 0 aliphatic rings. The minimum Gasteiger partial charge on any atom is -0.508 e. The number of likely N-dealkylation sites (N-methyl/N-ethyl adjacent to an activating group) is 1. The number of aromatic hydroxyl groups is 2. The van der Waals surface area contributed by atoms with E-state index in [9.17, 15) is 24.9 Å². The van der Waals surface area contributed by atoms with E-state index in [2.05, 4.69) is 0 Å². The molecular formula is C19H21NO6. The molecular weight excluding hydrogens is 338 g/mol. The molecule has 0 aliphatic heterocycles. The van der Waals surface area contributed by atoms with Crippen molar-refractivity contribution >= 4 is 12.1 Å². The molecule has 1 atom stereocenters. The number of hydrogen-bond acceptors (Lipinski definition) is 5. The van der Waals surface area contributed by atoms with E-state index < -0.39 is 17.6 Å². The van der Waals surface area contributed by atoms with Crippen LogP contribution < -0.4 is 0 Å². The Morgan fingerprint density at radius 2 is 1.65 bits per heavy atom. The van der Waals surface area contributed by atoms with Crippen LogP contribution in [0.3, 0.4) is 0 Å². The fourth-order valence-corrected chi connectivity index (χ4v) is 2.70. The Balaban J connectivity index is 2.32. The smallest absolute Gasteiger partial charge is 0.411 e. The Morgan fingerprint density at radius 3 is 2.15 bits per heavy atom. The van der Waals surface area contributed by atoms with Gasteiger partial charge < -0.3 is 20.1 Å². The molecule has 138 valence electrons. The van der Waals surface area contributed by atoms with Gasteiger partial charge in [0.1, 0.15) is 18.1 Å². The van der Waals surface area contributed by atoms with Gasteiger partial charge >= 0.3 is 12.1 Å². The molecule has 2 rings (SSSR count). The molecule has 1 unspecified atom stereocenters. The first-order chi connectivity index (χ1) is 12.3. The Morgan fingerprint density at radius 1 is 1.08 bits per heavy atom. The molecule has 26 heavy (non-hydrogen) atoms. The minimum absolute atomic E-state index is 0.00282. The lowest BCUT2D eigenvalue weighted by Crippen LogP contribution is -2.52. The Labute approximate surface area is 151 Å². The molecule has 1 amide bonds. The van der Waals surface area contributed by atoms with Crippen LogP contribution in [0.1, 0.15) is 25.0 Å². The maximum absolute atomic E-state index is 12.6. The zero-order valence-electron chi connectivity index (χ0n) is 14.5. The van der Waals surface area contributed by atoms with Gasteiger partial charge in [-0.1, -0.05) is 30.3 Å². The molecule has 0 radical (unpaired) electrons. The van der Waals surface area contributed by atoms with Gasteiger partial charge in [0.15, 0.2) is 5.54 Å². The van der Waals surface area contributed by atoms with Gasteiger partial charge in [0.05, 0.1) is 0 Å². The van der Waals surface area contributed by atoms with Crippen molar-refractivity contribution in [2.24, 2.45) is 0 Å². The van der Waals surface area contributed by atoms with Crippen molar-refractivity contribution in [1.82, 2.24) is 4.90 Å². The van der Waals surface area contributed by atoms with E-state index in [4.69, 9.17) is 4.74 Å². The summed E-state index contributed by atoms with van der Waals surface area (Å²) in [6, 6.07) is 12.5. The molecule has 0 aromatic heterocycles. The summed E-state index contributed by atoms with van der Waals surface area (Å²) in [6.07, 6.45) is -0.816. The number of carboxylic acid groups (broad SMARTS) is 1. The van der Waals surface area contributed by atoms with Crippen LogP contribution >= 0.6 is 0 Å². The Hall–Kier alpha value is -3.22. The van der Waals surface area contributed by atoms with Crippen molar-refractivity contribution in [3.63, 3.8) is 0 Å². The minimum atomic E-state index is -1.83. The number of ether oxygens (including phenoxy) is 1. The Kier molecular flexibility index (Phi) is 5.71. The lowest BCUT2D eigenvalue weighted by molar-refractivity contribution is -0.150. The van der Waals surface area contributed by atoms with Crippen LogP contribution in [0.2, 0.25) is 0 Å². The number of hydrogen-bond donors (Lipinski definition) is 3. The highest BCUT2D eigenvalue weighted by molar-refractivity contribution is 5.85. The third kappa shape index (κ3) is 3.88. The number of carbonyl (C=O) groups excluding carboxylic acids is 1. The lowest BCUT2D eigenvalue weighted by Gasteiger charge is -2.36. The van der Waals surface area contributed by atoms with E-state index in [0.717, 1.165) is 16.5 Å². The van der Waals surface area contributed by atoms with Gasteiger partial charge in [0, 0.05) is 12.6 Å². The van der Waals surface area contributed by atoms with Crippen molar-refractivity contribution < 1.29 is 29.6 Å². The summed E-state index contributed by atoms with van der Waals surface area (Å²) >= 11 is 0. The number of amides is 1. The van der Waals surface area contributed by atoms with Crippen LogP contribution in [0.5, 0.6) is 11.5 Å². The van der Waals surface area contributed by atoms with Crippen LogP contribution in [0, 0.1) is 0 Å². The molecule has 0 aliphatic carbocycles. The molecule has 0 saturated carbocycles. The highest BCUT2D eigenvalue weighted by Crippen LogP contribution is 2.34. The van der Waals surface area contributed by atoms with Crippen LogP contribution in [0.25, 0.3) is 0 Å². The number of phenols is 2. The van der Waals surface area contributed by atoms with E-state index in [0.29, 0.717) is 0 Å². The first-order valence-electron chi connectivity index (χ1n) is 8.04. The number of phenolic OH excluding ortho intramolecular Hbond substituents is 2. The van der Waals surface area contributed by atoms with Crippen molar-refractivity contribution in [2.45, 2.75) is 26.0 Å². The van der Waals surface area contributed by atoms with Crippen molar-refractivity contribution in [1.29, 1.82) is 0 Å². The molecule has 7 heteroatoms.